The summed E-state index contributed by atoms with van der Waals surface area (Å²) >= 11 is 0. The maximum absolute atomic E-state index is 13.4. The molecule has 0 amide bonds. The van der Waals surface area contributed by atoms with Gasteiger partial charge in [-0.05, 0) is 41.0 Å². The summed E-state index contributed by atoms with van der Waals surface area (Å²) in [5, 5.41) is 0. The molecule has 2 N–H and O–H groups in total. The summed E-state index contributed by atoms with van der Waals surface area (Å²) in [5.74, 6) is -0.602. The maximum Gasteiger partial charge on any atom is 0.417 e. The molecule has 2 aromatic carbocycles. The number of hydrogen-bond acceptors (Lipinski definition) is 1. The third kappa shape index (κ3) is 2.93. The zero-order valence-electron chi connectivity index (χ0n) is 9.84. The molecule has 0 unspecified atom stereocenters. The van der Waals surface area contributed by atoms with Crippen molar-refractivity contribution < 1.29 is 17.6 Å². The highest BCUT2D eigenvalue weighted by atomic mass is 19.4. The minimum absolute atomic E-state index is 0.0517. The largest absolute Gasteiger partial charge is 0.417 e. The second-order valence-electron chi connectivity index (χ2n) is 4.10. The minimum atomic E-state index is -4.48. The third-order valence-corrected chi connectivity index (χ3v) is 2.74. The fourth-order valence-corrected chi connectivity index (χ4v) is 1.91. The first-order valence-corrected chi connectivity index (χ1v) is 5.58. The van der Waals surface area contributed by atoms with Crippen molar-refractivity contribution in [2.24, 2.45) is 5.73 Å². The van der Waals surface area contributed by atoms with Crippen LogP contribution in [0.3, 0.4) is 0 Å². The molecule has 100 valence electrons. The average molecular weight is 269 g/mol. The van der Waals surface area contributed by atoms with E-state index in [1.54, 1.807) is 0 Å². The van der Waals surface area contributed by atoms with Gasteiger partial charge in [-0.15, -0.1) is 0 Å². The molecule has 0 spiro atoms. The van der Waals surface area contributed by atoms with Crippen molar-refractivity contribution in [2.45, 2.75) is 12.7 Å². The van der Waals surface area contributed by atoms with Crippen molar-refractivity contribution in [3.05, 3.63) is 59.4 Å². The van der Waals surface area contributed by atoms with Gasteiger partial charge < -0.3 is 5.73 Å². The highest BCUT2D eigenvalue weighted by molar-refractivity contribution is 5.68. The lowest BCUT2D eigenvalue weighted by Gasteiger charge is -2.13. The van der Waals surface area contributed by atoms with E-state index in [0.29, 0.717) is 5.56 Å². The third-order valence-electron chi connectivity index (χ3n) is 2.74. The molecule has 0 bridgehead atoms. The highest BCUT2D eigenvalue weighted by Crippen LogP contribution is 2.37. The molecule has 0 saturated carbocycles. The van der Waals surface area contributed by atoms with Crippen molar-refractivity contribution in [1.29, 1.82) is 0 Å². The van der Waals surface area contributed by atoms with Crippen LogP contribution >= 0.6 is 0 Å². The summed E-state index contributed by atoms with van der Waals surface area (Å²) < 4.78 is 52.1. The molecule has 0 aliphatic heterocycles. The maximum atomic E-state index is 13.4. The van der Waals surface area contributed by atoms with Crippen LogP contribution < -0.4 is 5.73 Å². The number of hydrogen-bond donors (Lipinski definition) is 1. The smallest absolute Gasteiger partial charge is 0.326 e. The fraction of sp³-hybridized carbons (Fsp3) is 0.143. The van der Waals surface area contributed by atoms with Gasteiger partial charge in [-0.3, -0.25) is 0 Å². The molecular formula is C14H11F4N. The van der Waals surface area contributed by atoms with E-state index in [1.165, 1.54) is 30.3 Å². The van der Waals surface area contributed by atoms with Crippen LogP contribution in [0.2, 0.25) is 0 Å². The van der Waals surface area contributed by atoms with Crippen LogP contribution in [-0.4, -0.2) is 0 Å². The van der Waals surface area contributed by atoms with Crippen molar-refractivity contribution in [1.82, 2.24) is 0 Å². The number of alkyl halides is 3. The number of halogens is 4. The van der Waals surface area contributed by atoms with E-state index < -0.39 is 17.6 Å². The van der Waals surface area contributed by atoms with Crippen molar-refractivity contribution in [2.75, 3.05) is 0 Å². The minimum Gasteiger partial charge on any atom is -0.326 e. The topological polar surface area (TPSA) is 26.0 Å². The van der Waals surface area contributed by atoms with Gasteiger partial charge in [0, 0.05) is 6.54 Å². The monoisotopic (exact) mass is 269 g/mol. The van der Waals surface area contributed by atoms with Gasteiger partial charge in [0.15, 0.2) is 0 Å². The fourth-order valence-electron chi connectivity index (χ4n) is 1.91. The first kappa shape index (κ1) is 13.5. The standard InChI is InChI=1S/C14H11F4N/c15-11-6-9(8-19)5-10(7-11)12-3-1-2-4-13(12)14(16,17)18/h1-7H,8,19H2. The van der Waals surface area contributed by atoms with E-state index in [4.69, 9.17) is 5.73 Å². The molecule has 0 aromatic heterocycles. The molecular weight excluding hydrogens is 258 g/mol. The second kappa shape index (κ2) is 5.01. The first-order valence-electron chi connectivity index (χ1n) is 5.58. The zero-order chi connectivity index (χ0) is 14.0. The summed E-state index contributed by atoms with van der Waals surface area (Å²) in [6, 6.07) is 8.82. The lowest BCUT2D eigenvalue weighted by atomic mass is 9.97. The predicted molar refractivity (Wildman–Crippen MR) is 64.7 cm³/mol. The molecule has 0 fully saturated rings. The Morgan fingerprint density at radius 2 is 1.68 bits per heavy atom. The Morgan fingerprint density at radius 3 is 2.32 bits per heavy atom. The second-order valence-corrected chi connectivity index (χ2v) is 4.10. The van der Waals surface area contributed by atoms with Crippen LogP contribution in [0.15, 0.2) is 42.5 Å². The quantitative estimate of drug-likeness (QED) is 0.820. The van der Waals surface area contributed by atoms with Gasteiger partial charge in [0.05, 0.1) is 5.56 Å². The average Bonchev–Trinajstić information content (AvgIpc) is 2.37. The van der Waals surface area contributed by atoms with E-state index in [-0.39, 0.29) is 17.7 Å². The highest BCUT2D eigenvalue weighted by Gasteiger charge is 2.33. The van der Waals surface area contributed by atoms with Crippen molar-refractivity contribution in [3.63, 3.8) is 0 Å². The summed E-state index contributed by atoms with van der Waals surface area (Å²) in [4.78, 5) is 0. The summed E-state index contributed by atoms with van der Waals surface area (Å²) in [5.41, 5.74) is 5.19. The van der Waals surface area contributed by atoms with Crippen molar-refractivity contribution >= 4 is 0 Å². The van der Waals surface area contributed by atoms with Crippen LogP contribution in [-0.2, 0) is 12.7 Å². The molecule has 19 heavy (non-hydrogen) atoms. The van der Waals surface area contributed by atoms with E-state index in [1.807, 2.05) is 0 Å². The number of nitrogens with two attached hydrogens (primary N) is 1. The molecule has 2 aromatic rings. The summed E-state index contributed by atoms with van der Waals surface area (Å²) in [6.07, 6.45) is -4.48. The Balaban J connectivity index is 2.62. The molecule has 2 rings (SSSR count). The van der Waals surface area contributed by atoms with Crippen LogP contribution in [0.4, 0.5) is 17.6 Å². The van der Waals surface area contributed by atoms with Gasteiger partial charge in [-0.25, -0.2) is 4.39 Å². The first-order chi connectivity index (χ1) is 8.91. The van der Waals surface area contributed by atoms with Gasteiger partial charge in [-0.2, -0.15) is 13.2 Å². The molecule has 0 atom stereocenters. The molecule has 0 saturated heterocycles. The van der Waals surface area contributed by atoms with Gasteiger partial charge in [-0.1, -0.05) is 18.2 Å². The number of rotatable bonds is 2. The Morgan fingerprint density at radius 1 is 1.00 bits per heavy atom. The normalized spacial score (nSPS) is 11.6. The summed E-state index contributed by atoms with van der Waals surface area (Å²) in [7, 11) is 0. The van der Waals surface area contributed by atoms with E-state index in [9.17, 15) is 17.6 Å². The lowest BCUT2D eigenvalue weighted by Crippen LogP contribution is -2.07. The Hall–Kier alpha value is -1.88. The molecule has 0 aliphatic rings. The van der Waals surface area contributed by atoms with Crippen molar-refractivity contribution in [3.8, 4) is 11.1 Å². The predicted octanol–water partition coefficient (Wildman–Crippen LogP) is 3.97. The van der Waals surface area contributed by atoms with Gasteiger partial charge >= 0.3 is 6.18 Å². The molecule has 1 nitrogen and oxygen atoms in total. The van der Waals surface area contributed by atoms with Crippen LogP contribution in [0, 0.1) is 5.82 Å². The SMILES string of the molecule is NCc1cc(F)cc(-c2ccccc2C(F)(F)F)c1. The molecule has 0 heterocycles. The van der Waals surface area contributed by atoms with Crippen LogP contribution in [0.1, 0.15) is 11.1 Å². The molecule has 5 heteroatoms. The molecule has 0 radical (unpaired) electrons. The van der Waals surface area contributed by atoms with E-state index in [2.05, 4.69) is 0 Å². The van der Waals surface area contributed by atoms with Gasteiger partial charge in [0.25, 0.3) is 0 Å². The van der Waals surface area contributed by atoms with Crippen LogP contribution in [0.5, 0.6) is 0 Å². The summed E-state index contributed by atoms with van der Waals surface area (Å²) in [6.45, 7) is 0.0684. The van der Waals surface area contributed by atoms with Gasteiger partial charge in [0.2, 0.25) is 0 Å². The Bertz CT molecular complexity index is 590. The van der Waals surface area contributed by atoms with E-state index >= 15 is 0 Å². The van der Waals surface area contributed by atoms with Gasteiger partial charge in [0.1, 0.15) is 5.82 Å². The Kier molecular flexibility index (Phi) is 3.57. The zero-order valence-corrected chi connectivity index (χ0v) is 9.84. The molecule has 0 aliphatic carbocycles. The lowest BCUT2D eigenvalue weighted by molar-refractivity contribution is -0.137. The van der Waals surface area contributed by atoms with E-state index in [0.717, 1.165) is 12.1 Å². The Labute approximate surface area is 107 Å². The van der Waals surface area contributed by atoms with Crippen LogP contribution in [0.25, 0.3) is 11.1 Å². The number of benzene rings is 2.